The molecule has 0 saturated carbocycles. The SMILES string of the molecule is CN(C)C(=O)CCCN1CCCCC1CNC(C)(C)C. The third kappa shape index (κ3) is 6.71. The maximum absolute atomic E-state index is 11.6. The summed E-state index contributed by atoms with van der Waals surface area (Å²) in [5.41, 5.74) is 0.185. The molecule has 1 fully saturated rings. The molecule has 1 N–H and O–H groups in total. The summed E-state index contributed by atoms with van der Waals surface area (Å²) >= 11 is 0. The minimum Gasteiger partial charge on any atom is -0.349 e. The third-order valence-electron chi connectivity index (χ3n) is 3.95. The number of hydrogen-bond acceptors (Lipinski definition) is 3. The second-order valence-electron chi connectivity index (χ2n) is 7.21. The average Bonchev–Trinajstić information content (AvgIpc) is 2.36. The molecule has 1 atom stereocenters. The highest BCUT2D eigenvalue weighted by Crippen LogP contribution is 2.18. The summed E-state index contributed by atoms with van der Waals surface area (Å²) in [5, 5.41) is 3.62. The van der Waals surface area contributed by atoms with Gasteiger partial charge in [-0.15, -0.1) is 0 Å². The van der Waals surface area contributed by atoms with Gasteiger partial charge in [-0.1, -0.05) is 6.42 Å². The van der Waals surface area contributed by atoms with Crippen molar-refractivity contribution in [2.45, 2.75) is 64.5 Å². The maximum Gasteiger partial charge on any atom is 0.222 e. The Hall–Kier alpha value is -0.610. The number of carbonyl (C=O) groups is 1. The number of carbonyl (C=O) groups excluding carboxylic acids is 1. The Morgan fingerprint density at radius 2 is 2.00 bits per heavy atom. The van der Waals surface area contributed by atoms with E-state index in [1.807, 2.05) is 14.1 Å². The van der Waals surface area contributed by atoms with Crippen molar-refractivity contribution in [3.05, 3.63) is 0 Å². The Bertz CT molecular complexity index is 297. The van der Waals surface area contributed by atoms with E-state index in [2.05, 4.69) is 31.0 Å². The number of amides is 1. The third-order valence-corrected chi connectivity index (χ3v) is 3.95. The number of nitrogens with one attached hydrogen (secondary N) is 1. The van der Waals surface area contributed by atoms with E-state index in [0.29, 0.717) is 12.5 Å². The molecule has 0 aromatic heterocycles. The van der Waals surface area contributed by atoms with Gasteiger partial charge in [0.2, 0.25) is 5.91 Å². The number of likely N-dealkylation sites (tertiary alicyclic amines) is 1. The number of rotatable bonds is 6. The van der Waals surface area contributed by atoms with Gasteiger partial charge < -0.3 is 10.2 Å². The van der Waals surface area contributed by atoms with Gasteiger partial charge in [-0.05, 0) is 53.1 Å². The van der Waals surface area contributed by atoms with Crippen LogP contribution in [0.1, 0.15) is 52.9 Å². The zero-order chi connectivity index (χ0) is 15.2. The molecule has 0 spiro atoms. The van der Waals surface area contributed by atoms with Crippen LogP contribution in [0.3, 0.4) is 0 Å². The van der Waals surface area contributed by atoms with Crippen LogP contribution >= 0.6 is 0 Å². The topological polar surface area (TPSA) is 35.6 Å². The molecule has 20 heavy (non-hydrogen) atoms. The Balaban J connectivity index is 2.34. The molecule has 0 aliphatic carbocycles. The molecule has 1 aliphatic heterocycles. The van der Waals surface area contributed by atoms with E-state index in [0.717, 1.165) is 19.5 Å². The summed E-state index contributed by atoms with van der Waals surface area (Å²) in [4.78, 5) is 15.9. The molecular formula is C16H33N3O. The normalized spacial score (nSPS) is 20.9. The monoisotopic (exact) mass is 283 g/mol. The molecule has 4 nitrogen and oxygen atoms in total. The van der Waals surface area contributed by atoms with Crippen molar-refractivity contribution >= 4 is 5.91 Å². The first-order chi connectivity index (χ1) is 9.29. The zero-order valence-electron chi connectivity index (χ0n) is 14.0. The van der Waals surface area contributed by atoms with Gasteiger partial charge in [0.1, 0.15) is 0 Å². The molecule has 1 rings (SSSR count). The summed E-state index contributed by atoms with van der Waals surface area (Å²) in [7, 11) is 3.67. The molecule has 1 heterocycles. The van der Waals surface area contributed by atoms with Crippen LogP contribution in [0.4, 0.5) is 0 Å². The molecular weight excluding hydrogens is 250 g/mol. The van der Waals surface area contributed by atoms with Gasteiger partial charge in [-0.2, -0.15) is 0 Å². The van der Waals surface area contributed by atoms with Crippen LogP contribution in [0, 0.1) is 0 Å². The standard InChI is InChI=1S/C16H33N3O/c1-16(2,3)17-13-14-9-6-7-11-19(14)12-8-10-15(20)18(4)5/h14,17H,6-13H2,1-5H3. The second-order valence-corrected chi connectivity index (χ2v) is 7.21. The fourth-order valence-corrected chi connectivity index (χ4v) is 2.67. The van der Waals surface area contributed by atoms with E-state index in [-0.39, 0.29) is 11.4 Å². The van der Waals surface area contributed by atoms with E-state index < -0.39 is 0 Å². The smallest absolute Gasteiger partial charge is 0.222 e. The Labute approximate surface area is 124 Å². The maximum atomic E-state index is 11.6. The van der Waals surface area contributed by atoms with Crippen molar-refractivity contribution in [2.24, 2.45) is 0 Å². The van der Waals surface area contributed by atoms with Crippen molar-refractivity contribution < 1.29 is 4.79 Å². The summed E-state index contributed by atoms with van der Waals surface area (Å²) in [6, 6.07) is 0.637. The Morgan fingerprint density at radius 1 is 1.30 bits per heavy atom. The second kappa shape index (κ2) is 7.99. The highest BCUT2D eigenvalue weighted by molar-refractivity contribution is 5.75. The molecule has 0 aromatic carbocycles. The predicted octanol–water partition coefficient (Wildman–Crippen LogP) is 2.10. The molecule has 1 amide bonds. The average molecular weight is 283 g/mol. The van der Waals surface area contributed by atoms with Gasteiger partial charge >= 0.3 is 0 Å². The quantitative estimate of drug-likeness (QED) is 0.811. The van der Waals surface area contributed by atoms with E-state index in [1.54, 1.807) is 4.90 Å². The minimum atomic E-state index is 0.185. The lowest BCUT2D eigenvalue weighted by Gasteiger charge is -2.37. The van der Waals surface area contributed by atoms with Crippen molar-refractivity contribution in [1.82, 2.24) is 15.1 Å². The van der Waals surface area contributed by atoms with E-state index >= 15 is 0 Å². The van der Waals surface area contributed by atoms with Gasteiger partial charge in [0.25, 0.3) is 0 Å². The van der Waals surface area contributed by atoms with E-state index in [4.69, 9.17) is 0 Å². The summed E-state index contributed by atoms with van der Waals surface area (Å²) in [6.07, 6.45) is 5.56. The lowest BCUT2D eigenvalue weighted by atomic mass is 10.00. The first-order valence-corrected chi connectivity index (χ1v) is 7.99. The fourth-order valence-electron chi connectivity index (χ4n) is 2.67. The number of hydrogen-bond donors (Lipinski definition) is 1. The van der Waals surface area contributed by atoms with Gasteiger partial charge in [-0.25, -0.2) is 0 Å². The molecule has 4 heteroatoms. The van der Waals surface area contributed by atoms with Crippen LogP contribution in [0.25, 0.3) is 0 Å². The lowest BCUT2D eigenvalue weighted by molar-refractivity contribution is -0.128. The summed E-state index contributed by atoms with van der Waals surface area (Å²) in [5.74, 6) is 0.242. The van der Waals surface area contributed by atoms with Crippen molar-refractivity contribution in [3.8, 4) is 0 Å². The van der Waals surface area contributed by atoms with E-state index in [1.165, 1.54) is 25.8 Å². The minimum absolute atomic E-state index is 0.185. The van der Waals surface area contributed by atoms with Crippen LogP contribution in [0.2, 0.25) is 0 Å². The van der Waals surface area contributed by atoms with Gasteiger partial charge in [0.05, 0.1) is 0 Å². The highest BCUT2D eigenvalue weighted by Gasteiger charge is 2.23. The first kappa shape index (κ1) is 17.4. The van der Waals surface area contributed by atoms with Crippen LogP contribution in [-0.4, -0.2) is 61.0 Å². The molecule has 1 aliphatic rings. The van der Waals surface area contributed by atoms with Crippen LogP contribution < -0.4 is 5.32 Å². The Kier molecular flexibility index (Phi) is 6.96. The predicted molar refractivity (Wildman–Crippen MR) is 84.9 cm³/mol. The zero-order valence-corrected chi connectivity index (χ0v) is 14.0. The summed E-state index contributed by atoms with van der Waals surface area (Å²) in [6.45, 7) is 9.95. The number of piperidine rings is 1. The van der Waals surface area contributed by atoms with Crippen molar-refractivity contribution in [3.63, 3.8) is 0 Å². The first-order valence-electron chi connectivity index (χ1n) is 7.99. The molecule has 0 aromatic rings. The lowest BCUT2D eigenvalue weighted by Crippen LogP contribution is -2.49. The molecule has 1 unspecified atom stereocenters. The fraction of sp³-hybridized carbons (Fsp3) is 0.938. The van der Waals surface area contributed by atoms with Gasteiger partial charge in [0, 0.05) is 38.6 Å². The largest absolute Gasteiger partial charge is 0.349 e. The molecule has 118 valence electrons. The molecule has 0 bridgehead atoms. The Morgan fingerprint density at radius 3 is 2.60 bits per heavy atom. The molecule has 0 radical (unpaired) electrons. The van der Waals surface area contributed by atoms with Crippen molar-refractivity contribution in [1.29, 1.82) is 0 Å². The van der Waals surface area contributed by atoms with Crippen LogP contribution in [-0.2, 0) is 4.79 Å². The van der Waals surface area contributed by atoms with E-state index in [9.17, 15) is 4.79 Å². The number of nitrogens with zero attached hydrogens (tertiary/aromatic N) is 2. The summed E-state index contributed by atoms with van der Waals surface area (Å²) < 4.78 is 0. The van der Waals surface area contributed by atoms with Gasteiger partial charge in [-0.3, -0.25) is 9.69 Å². The van der Waals surface area contributed by atoms with Crippen molar-refractivity contribution in [2.75, 3.05) is 33.7 Å². The highest BCUT2D eigenvalue weighted by atomic mass is 16.2. The van der Waals surface area contributed by atoms with Crippen LogP contribution in [0.5, 0.6) is 0 Å². The molecule has 1 saturated heterocycles. The van der Waals surface area contributed by atoms with Gasteiger partial charge in [0.15, 0.2) is 0 Å². The van der Waals surface area contributed by atoms with Crippen LogP contribution in [0.15, 0.2) is 0 Å².